The summed E-state index contributed by atoms with van der Waals surface area (Å²) in [4.78, 5) is 19.7. The first-order valence-electron chi connectivity index (χ1n) is 12.1. The van der Waals surface area contributed by atoms with Crippen LogP contribution in [0.15, 0.2) is 36.4 Å². The molecular formula is C26H35N3O3. The maximum Gasteiger partial charge on any atom is 0.226 e. The number of ether oxygens (including phenoxy) is 2. The lowest BCUT2D eigenvalue weighted by Gasteiger charge is -2.30. The summed E-state index contributed by atoms with van der Waals surface area (Å²) in [5, 5.41) is 3.10. The molecule has 1 aliphatic carbocycles. The first-order valence-corrected chi connectivity index (χ1v) is 12.1. The lowest BCUT2D eigenvalue weighted by Crippen LogP contribution is -2.37. The third-order valence-electron chi connectivity index (χ3n) is 6.41. The number of aromatic nitrogens is 1. The molecule has 0 spiro atoms. The minimum Gasteiger partial charge on any atom is -0.494 e. The molecule has 1 saturated heterocycles. The van der Waals surface area contributed by atoms with Crippen molar-refractivity contribution in [2.45, 2.75) is 45.4 Å². The van der Waals surface area contributed by atoms with Crippen molar-refractivity contribution in [3.63, 3.8) is 0 Å². The molecule has 2 fully saturated rings. The van der Waals surface area contributed by atoms with Crippen molar-refractivity contribution in [3.05, 3.63) is 42.1 Å². The summed E-state index contributed by atoms with van der Waals surface area (Å²) in [6.45, 7) is 6.38. The molecule has 172 valence electrons. The van der Waals surface area contributed by atoms with Gasteiger partial charge in [0.25, 0.3) is 0 Å². The SMILES string of the molecule is CCOc1ccc(-c2ccc(CC(=O)NCCC3CCCC3)nc2N2CCOCC2)cc1. The number of anilines is 1. The first kappa shape index (κ1) is 22.6. The Balaban J connectivity index is 1.46. The van der Waals surface area contributed by atoms with Gasteiger partial charge in [-0.15, -0.1) is 0 Å². The van der Waals surface area contributed by atoms with Crippen LogP contribution in [0, 0.1) is 5.92 Å². The molecule has 2 aliphatic rings. The summed E-state index contributed by atoms with van der Waals surface area (Å²) < 4.78 is 11.1. The molecule has 32 heavy (non-hydrogen) atoms. The highest BCUT2D eigenvalue weighted by Gasteiger charge is 2.19. The van der Waals surface area contributed by atoms with Crippen molar-refractivity contribution < 1.29 is 14.3 Å². The van der Waals surface area contributed by atoms with E-state index in [4.69, 9.17) is 14.5 Å². The number of hydrogen-bond donors (Lipinski definition) is 1. The summed E-state index contributed by atoms with van der Waals surface area (Å²) >= 11 is 0. The van der Waals surface area contributed by atoms with E-state index in [2.05, 4.69) is 28.4 Å². The van der Waals surface area contributed by atoms with Gasteiger partial charge in [-0.2, -0.15) is 0 Å². The lowest BCUT2D eigenvalue weighted by atomic mass is 10.0. The van der Waals surface area contributed by atoms with E-state index in [0.717, 1.165) is 60.4 Å². The van der Waals surface area contributed by atoms with Gasteiger partial charge in [-0.1, -0.05) is 37.8 Å². The Bertz CT molecular complexity index is 872. The summed E-state index contributed by atoms with van der Waals surface area (Å²) in [6, 6.07) is 12.2. The molecule has 0 radical (unpaired) electrons. The lowest BCUT2D eigenvalue weighted by molar-refractivity contribution is -0.120. The summed E-state index contributed by atoms with van der Waals surface area (Å²) in [7, 11) is 0. The zero-order chi connectivity index (χ0) is 22.2. The Labute approximate surface area is 191 Å². The molecule has 6 nitrogen and oxygen atoms in total. The first-order chi connectivity index (χ1) is 15.7. The smallest absolute Gasteiger partial charge is 0.226 e. The van der Waals surface area contributed by atoms with Crippen LogP contribution in [0.4, 0.5) is 5.82 Å². The molecule has 1 amide bonds. The summed E-state index contributed by atoms with van der Waals surface area (Å²) in [5.74, 6) is 2.63. The Morgan fingerprint density at radius 1 is 1.12 bits per heavy atom. The zero-order valence-electron chi connectivity index (χ0n) is 19.1. The van der Waals surface area contributed by atoms with Crippen molar-refractivity contribution in [2.75, 3.05) is 44.4 Å². The number of nitrogens with one attached hydrogen (secondary N) is 1. The third-order valence-corrected chi connectivity index (χ3v) is 6.41. The molecular weight excluding hydrogens is 402 g/mol. The summed E-state index contributed by atoms with van der Waals surface area (Å²) in [6.07, 6.45) is 6.71. The van der Waals surface area contributed by atoms with E-state index in [1.165, 1.54) is 25.7 Å². The predicted molar refractivity (Wildman–Crippen MR) is 127 cm³/mol. The minimum atomic E-state index is 0.0530. The van der Waals surface area contributed by atoms with E-state index >= 15 is 0 Å². The average Bonchev–Trinajstić information content (AvgIpc) is 3.34. The highest BCUT2D eigenvalue weighted by molar-refractivity contribution is 5.80. The van der Waals surface area contributed by atoms with Gasteiger partial charge in [0.15, 0.2) is 0 Å². The van der Waals surface area contributed by atoms with Crippen LogP contribution in [0.3, 0.4) is 0 Å². The number of hydrogen-bond acceptors (Lipinski definition) is 5. The topological polar surface area (TPSA) is 63.7 Å². The number of morpholine rings is 1. The molecule has 1 aromatic carbocycles. The van der Waals surface area contributed by atoms with Crippen LogP contribution in [0.5, 0.6) is 5.75 Å². The van der Waals surface area contributed by atoms with Crippen molar-refractivity contribution >= 4 is 11.7 Å². The number of rotatable bonds is 9. The quantitative estimate of drug-likeness (QED) is 0.636. The standard InChI is InChI=1S/C26H35N3O3/c1-2-32-23-10-7-21(8-11-23)24-12-9-22(28-26(24)29-15-17-31-18-16-29)19-25(30)27-14-13-20-5-3-4-6-20/h7-12,20H,2-6,13-19H2,1H3,(H,27,30). The van der Waals surface area contributed by atoms with Crippen molar-refractivity contribution in [1.82, 2.24) is 10.3 Å². The fraction of sp³-hybridized carbons (Fsp3) is 0.538. The van der Waals surface area contributed by atoms with Crippen molar-refractivity contribution in [1.29, 1.82) is 0 Å². The van der Waals surface area contributed by atoms with Gasteiger partial charge in [0.05, 0.1) is 31.9 Å². The van der Waals surface area contributed by atoms with Crippen LogP contribution in [-0.4, -0.2) is 50.3 Å². The Kier molecular flexibility index (Phi) is 7.99. The van der Waals surface area contributed by atoms with Gasteiger partial charge < -0.3 is 19.7 Å². The van der Waals surface area contributed by atoms with E-state index < -0.39 is 0 Å². The van der Waals surface area contributed by atoms with Crippen LogP contribution in [-0.2, 0) is 16.0 Å². The van der Waals surface area contributed by atoms with Gasteiger partial charge in [-0.05, 0) is 49.1 Å². The molecule has 1 aliphatic heterocycles. The van der Waals surface area contributed by atoms with E-state index in [0.29, 0.717) is 26.2 Å². The van der Waals surface area contributed by atoms with Crippen LogP contribution >= 0.6 is 0 Å². The van der Waals surface area contributed by atoms with Gasteiger partial charge in [0, 0.05) is 25.2 Å². The highest BCUT2D eigenvalue weighted by Crippen LogP contribution is 2.31. The zero-order valence-corrected chi connectivity index (χ0v) is 19.1. The maximum absolute atomic E-state index is 12.5. The molecule has 2 aromatic rings. The number of carbonyl (C=O) groups excluding carboxylic acids is 1. The van der Waals surface area contributed by atoms with E-state index in [1.54, 1.807) is 0 Å². The number of nitrogens with zero attached hydrogens (tertiary/aromatic N) is 2. The largest absolute Gasteiger partial charge is 0.494 e. The number of carbonyl (C=O) groups is 1. The van der Waals surface area contributed by atoms with Gasteiger partial charge in [-0.25, -0.2) is 4.98 Å². The Morgan fingerprint density at radius 3 is 2.59 bits per heavy atom. The second-order valence-corrected chi connectivity index (χ2v) is 8.70. The molecule has 1 N–H and O–H groups in total. The number of benzene rings is 1. The van der Waals surface area contributed by atoms with Gasteiger partial charge in [-0.3, -0.25) is 4.79 Å². The number of pyridine rings is 1. The van der Waals surface area contributed by atoms with Gasteiger partial charge in [0.1, 0.15) is 11.6 Å². The van der Waals surface area contributed by atoms with Gasteiger partial charge >= 0.3 is 0 Å². The predicted octanol–water partition coefficient (Wildman–Crippen LogP) is 4.22. The molecule has 1 saturated carbocycles. The molecule has 6 heteroatoms. The monoisotopic (exact) mass is 437 g/mol. The van der Waals surface area contributed by atoms with Crippen LogP contribution in [0.1, 0.15) is 44.7 Å². The maximum atomic E-state index is 12.5. The van der Waals surface area contributed by atoms with Crippen molar-refractivity contribution in [2.24, 2.45) is 5.92 Å². The highest BCUT2D eigenvalue weighted by atomic mass is 16.5. The summed E-state index contributed by atoms with van der Waals surface area (Å²) in [5.41, 5.74) is 2.97. The van der Waals surface area contributed by atoms with E-state index in [9.17, 15) is 4.79 Å². The second-order valence-electron chi connectivity index (χ2n) is 8.70. The normalized spacial score (nSPS) is 16.8. The molecule has 0 atom stereocenters. The fourth-order valence-electron chi connectivity index (χ4n) is 4.67. The van der Waals surface area contributed by atoms with Crippen LogP contribution < -0.4 is 15.0 Å². The van der Waals surface area contributed by atoms with Crippen molar-refractivity contribution in [3.8, 4) is 16.9 Å². The molecule has 4 rings (SSSR count). The molecule has 0 bridgehead atoms. The van der Waals surface area contributed by atoms with Crippen LogP contribution in [0.25, 0.3) is 11.1 Å². The van der Waals surface area contributed by atoms with E-state index in [-0.39, 0.29) is 5.91 Å². The average molecular weight is 438 g/mol. The van der Waals surface area contributed by atoms with E-state index in [1.807, 2.05) is 25.1 Å². The fourth-order valence-corrected chi connectivity index (χ4v) is 4.67. The molecule has 0 unspecified atom stereocenters. The van der Waals surface area contributed by atoms with Gasteiger partial charge in [0.2, 0.25) is 5.91 Å². The second kappa shape index (κ2) is 11.3. The van der Waals surface area contributed by atoms with Crippen LogP contribution in [0.2, 0.25) is 0 Å². The molecule has 1 aromatic heterocycles. The molecule has 2 heterocycles. The third kappa shape index (κ3) is 6.00. The number of amides is 1. The Hall–Kier alpha value is -2.60. The Morgan fingerprint density at radius 2 is 1.88 bits per heavy atom. The minimum absolute atomic E-state index is 0.0530.